The number of para-hydroxylation sites is 1. The highest BCUT2D eigenvalue weighted by molar-refractivity contribution is 7.26. The molecule has 0 unspecified atom stereocenters. The average Bonchev–Trinajstić information content (AvgIpc) is 3.26. The van der Waals surface area contributed by atoms with Gasteiger partial charge in [-0.25, -0.2) is 0 Å². The van der Waals surface area contributed by atoms with Crippen molar-refractivity contribution in [1.29, 1.82) is 0 Å². The summed E-state index contributed by atoms with van der Waals surface area (Å²) >= 11 is 1.91. The summed E-state index contributed by atoms with van der Waals surface area (Å²) in [7, 11) is 0. The molecule has 3 heterocycles. The maximum Gasteiger partial charge on any atom is 0.0617 e. The molecule has 6 rings (SSSR count). The molecule has 0 amide bonds. The summed E-state index contributed by atoms with van der Waals surface area (Å²) in [6, 6.07) is 20.0. The van der Waals surface area contributed by atoms with Crippen LogP contribution in [-0.2, 0) is 0 Å². The number of hydrogen-bond donors (Lipinski definition) is 0. The topological polar surface area (TPSA) is 4.41 Å². The fourth-order valence-corrected chi connectivity index (χ4v) is 5.73. The van der Waals surface area contributed by atoms with Crippen molar-refractivity contribution in [2.75, 3.05) is 0 Å². The standard InChI is InChI=1S/C23H15NS/c1-3-14-13(2)24-19-12-11-17-15-7-4-5-10-20(15)25-23(17)21(19)18-9-6-8-16(14)22(18)24/h3-12H,1H2,2H3. The van der Waals surface area contributed by atoms with Crippen molar-refractivity contribution in [3.05, 3.63) is 72.4 Å². The molecule has 0 aliphatic heterocycles. The Morgan fingerprint density at radius 2 is 1.68 bits per heavy atom. The fourth-order valence-electron chi connectivity index (χ4n) is 4.47. The molecule has 0 aliphatic carbocycles. The lowest BCUT2D eigenvalue weighted by atomic mass is 10.0. The van der Waals surface area contributed by atoms with Crippen LogP contribution in [0, 0.1) is 6.92 Å². The van der Waals surface area contributed by atoms with E-state index < -0.39 is 0 Å². The van der Waals surface area contributed by atoms with Crippen molar-refractivity contribution >= 4 is 64.8 Å². The van der Waals surface area contributed by atoms with Gasteiger partial charge < -0.3 is 4.40 Å². The molecule has 0 fully saturated rings. The number of rotatable bonds is 1. The van der Waals surface area contributed by atoms with Gasteiger partial charge in [0.2, 0.25) is 0 Å². The van der Waals surface area contributed by atoms with Gasteiger partial charge in [0.15, 0.2) is 0 Å². The van der Waals surface area contributed by atoms with Gasteiger partial charge >= 0.3 is 0 Å². The van der Waals surface area contributed by atoms with Crippen molar-refractivity contribution in [3.8, 4) is 0 Å². The summed E-state index contributed by atoms with van der Waals surface area (Å²) in [6.45, 7) is 6.23. The highest BCUT2D eigenvalue weighted by Gasteiger charge is 2.20. The molecule has 0 saturated heterocycles. The van der Waals surface area contributed by atoms with Crippen LogP contribution in [0.2, 0.25) is 0 Å². The Labute approximate surface area is 148 Å². The minimum atomic E-state index is 1.25. The van der Waals surface area contributed by atoms with Crippen LogP contribution in [-0.4, -0.2) is 4.40 Å². The predicted octanol–water partition coefficient (Wildman–Crippen LogP) is 7.00. The van der Waals surface area contributed by atoms with Gasteiger partial charge in [-0.05, 0) is 19.1 Å². The Balaban J connectivity index is 1.99. The maximum atomic E-state index is 4.03. The lowest BCUT2D eigenvalue weighted by Crippen LogP contribution is -1.84. The van der Waals surface area contributed by atoms with Crippen LogP contribution < -0.4 is 0 Å². The first-order chi connectivity index (χ1) is 12.3. The quantitative estimate of drug-likeness (QED) is 0.304. The summed E-state index contributed by atoms with van der Waals surface area (Å²) in [6.07, 6.45) is 1.99. The smallest absolute Gasteiger partial charge is 0.0617 e. The molecule has 0 bridgehead atoms. The molecule has 118 valence electrons. The molecule has 0 atom stereocenters. The van der Waals surface area contributed by atoms with Gasteiger partial charge in [0.1, 0.15) is 0 Å². The molecular formula is C23H15NS. The summed E-state index contributed by atoms with van der Waals surface area (Å²) in [5.41, 5.74) is 5.15. The molecule has 0 spiro atoms. The van der Waals surface area contributed by atoms with E-state index in [9.17, 15) is 0 Å². The zero-order valence-corrected chi connectivity index (χ0v) is 14.7. The van der Waals surface area contributed by atoms with Crippen LogP contribution in [0.15, 0.2) is 61.2 Å². The van der Waals surface area contributed by atoms with E-state index in [1.807, 2.05) is 17.4 Å². The zero-order valence-electron chi connectivity index (χ0n) is 13.8. The highest BCUT2D eigenvalue weighted by Crippen LogP contribution is 2.44. The van der Waals surface area contributed by atoms with Gasteiger partial charge in [-0.15, -0.1) is 11.3 Å². The van der Waals surface area contributed by atoms with E-state index in [1.54, 1.807) is 0 Å². The summed E-state index contributed by atoms with van der Waals surface area (Å²) in [4.78, 5) is 0. The largest absolute Gasteiger partial charge is 0.312 e. The molecule has 3 aromatic carbocycles. The normalized spacial score (nSPS) is 12.4. The van der Waals surface area contributed by atoms with Crippen molar-refractivity contribution < 1.29 is 0 Å². The van der Waals surface area contributed by atoms with E-state index in [1.165, 1.54) is 58.6 Å². The minimum absolute atomic E-state index is 1.25. The van der Waals surface area contributed by atoms with Gasteiger partial charge in [0.05, 0.1) is 11.0 Å². The molecule has 2 heteroatoms. The molecule has 0 N–H and O–H groups in total. The molecule has 0 saturated carbocycles. The first kappa shape index (κ1) is 13.5. The Bertz CT molecular complexity index is 1460. The van der Waals surface area contributed by atoms with Gasteiger partial charge in [-0.2, -0.15) is 0 Å². The molecular weight excluding hydrogens is 322 g/mol. The van der Waals surface area contributed by atoms with E-state index in [0.29, 0.717) is 0 Å². The number of hydrogen-bond acceptors (Lipinski definition) is 1. The second-order valence-electron chi connectivity index (χ2n) is 6.67. The van der Waals surface area contributed by atoms with E-state index in [4.69, 9.17) is 0 Å². The third-order valence-corrected chi connectivity index (χ3v) is 6.72. The third kappa shape index (κ3) is 1.45. The minimum Gasteiger partial charge on any atom is -0.312 e. The van der Waals surface area contributed by atoms with E-state index >= 15 is 0 Å². The summed E-state index contributed by atoms with van der Waals surface area (Å²) < 4.78 is 5.17. The van der Waals surface area contributed by atoms with Crippen molar-refractivity contribution in [2.45, 2.75) is 6.92 Å². The first-order valence-electron chi connectivity index (χ1n) is 8.51. The Hall–Kier alpha value is -2.84. The fraction of sp³-hybridized carbons (Fsp3) is 0.0435. The SMILES string of the molecule is C=Cc1c(C)n2c3ccc4c5ccccc5sc4c3c3cccc1c32. The lowest BCUT2D eigenvalue weighted by Gasteiger charge is -2.00. The number of fused-ring (bicyclic) bond motifs is 7. The monoisotopic (exact) mass is 337 g/mol. The Kier molecular flexibility index (Phi) is 2.37. The first-order valence-corrected chi connectivity index (χ1v) is 9.32. The van der Waals surface area contributed by atoms with Crippen LogP contribution >= 0.6 is 11.3 Å². The Morgan fingerprint density at radius 3 is 2.56 bits per heavy atom. The lowest BCUT2D eigenvalue weighted by molar-refractivity contribution is 1.18. The molecule has 6 aromatic rings. The number of nitrogens with zero attached hydrogens (tertiary/aromatic N) is 1. The second kappa shape index (κ2) is 4.41. The summed E-state index contributed by atoms with van der Waals surface area (Å²) in [5, 5.41) is 6.76. The zero-order chi connectivity index (χ0) is 16.7. The average molecular weight is 337 g/mol. The number of thiophene rings is 1. The van der Waals surface area contributed by atoms with E-state index in [2.05, 4.69) is 72.5 Å². The number of aromatic nitrogens is 1. The van der Waals surface area contributed by atoms with Crippen LogP contribution in [0.1, 0.15) is 11.3 Å². The van der Waals surface area contributed by atoms with E-state index in [-0.39, 0.29) is 0 Å². The second-order valence-corrected chi connectivity index (χ2v) is 7.73. The highest BCUT2D eigenvalue weighted by atomic mass is 32.1. The van der Waals surface area contributed by atoms with E-state index in [0.717, 1.165) is 0 Å². The van der Waals surface area contributed by atoms with Gasteiger partial charge in [-0.3, -0.25) is 0 Å². The van der Waals surface area contributed by atoms with Gasteiger partial charge in [-0.1, -0.05) is 55.1 Å². The van der Waals surface area contributed by atoms with Crippen LogP contribution in [0.4, 0.5) is 0 Å². The molecule has 0 radical (unpaired) electrons. The van der Waals surface area contributed by atoms with Crippen molar-refractivity contribution in [2.24, 2.45) is 0 Å². The third-order valence-electron chi connectivity index (χ3n) is 5.51. The molecule has 25 heavy (non-hydrogen) atoms. The van der Waals surface area contributed by atoms with Crippen LogP contribution in [0.5, 0.6) is 0 Å². The molecule has 3 aromatic heterocycles. The molecule has 0 aliphatic rings. The van der Waals surface area contributed by atoms with Crippen LogP contribution in [0.3, 0.4) is 0 Å². The summed E-state index contributed by atoms with van der Waals surface area (Å²) in [5.74, 6) is 0. The number of benzene rings is 3. The number of aryl methyl sites for hydroxylation is 1. The predicted molar refractivity (Wildman–Crippen MR) is 111 cm³/mol. The van der Waals surface area contributed by atoms with Gasteiger partial charge in [0, 0.05) is 47.6 Å². The van der Waals surface area contributed by atoms with Crippen LogP contribution in [0.25, 0.3) is 53.4 Å². The molecule has 1 nitrogen and oxygen atoms in total. The Morgan fingerprint density at radius 1 is 0.880 bits per heavy atom. The van der Waals surface area contributed by atoms with Crippen molar-refractivity contribution in [3.63, 3.8) is 0 Å². The van der Waals surface area contributed by atoms with Crippen molar-refractivity contribution in [1.82, 2.24) is 4.40 Å². The maximum absolute atomic E-state index is 4.03. The van der Waals surface area contributed by atoms with Gasteiger partial charge in [0.25, 0.3) is 0 Å².